The van der Waals surface area contributed by atoms with Crippen molar-refractivity contribution >= 4 is 12.4 Å². The molecule has 3 nitrogen and oxygen atoms in total. The molecule has 1 N–H and O–H groups in total. The molecule has 2 aromatic rings. The van der Waals surface area contributed by atoms with Crippen molar-refractivity contribution in [3.8, 4) is 5.75 Å². The zero-order valence-electron chi connectivity index (χ0n) is 11.8. The molecule has 1 saturated heterocycles. The Hall–Kier alpha value is -1.55. The standard InChI is InChI=1S/C17H19NO2.ClH/c1-2-5-14(6-3-1)12-20-16-8-4-7-15(11-16)17-13-19-10-9-18-17;/h1-8,11,17-18H,9-10,12-13H2;1H/t17-;/m1./s1. The van der Waals surface area contributed by atoms with E-state index in [4.69, 9.17) is 9.47 Å². The summed E-state index contributed by atoms with van der Waals surface area (Å²) in [6.07, 6.45) is 0. The molecule has 4 heteroatoms. The number of rotatable bonds is 4. The third kappa shape index (κ3) is 4.46. The molecule has 1 fully saturated rings. The monoisotopic (exact) mass is 305 g/mol. The molecule has 0 spiro atoms. The highest BCUT2D eigenvalue weighted by molar-refractivity contribution is 5.85. The fraction of sp³-hybridized carbons (Fsp3) is 0.294. The highest BCUT2D eigenvalue weighted by atomic mass is 35.5. The highest BCUT2D eigenvalue weighted by Gasteiger charge is 2.15. The van der Waals surface area contributed by atoms with E-state index >= 15 is 0 Å². The van der Waals surface area contributed by atoms with E-state index < -0.39 is 0 Å². The zero-order valence-corrected chi connectivity index (χ0v) is 12.6. The van der Waals surface area contributed by atoms with Crippen LogP contribution in [0.5, 0.6) is 5.75 Å². The summed E-state index contributed by atoms with van der Waals surface area (Å²) in [6, 6.07) is 18.7. The molecule has 1 aliphatic rings. The van der Waals surface area contributed by atoms with Gasteiger partial charge in [-0.1, -0.05) is 42.5 Å². The first-order chi connectivity index (χ1) is 9.92. The maximum atomic E-state index is 5.85. The van der Waals surface area contributed by atoms with E-state index in [0.717, 1.165) is 25.5 Å². The first-order valence-electron chi connectivity index (χ1n) is 6.99. The summed E-state index contributed by atoms with van der Waals surface area (Å²) in [5.41, 5.74) is 2.40. The average Bonchev–Trinajstić information content (AvgIpc) is 2.55. The van der Waals surface area contributed by atoms with Crippen LogP contribution in [0, 0.1) is 0 Å². The van der Waals surface area contributed by atoms with E-state index in [1.165, 1.54) is 11.1 Å². The molecular weight excluding hydrogens is 286 g/mol. The molecule has 112 valence electrons. The van der Waals surface area contributed by atoms with Gasteiger partial charge in [-0.25, -0.2) is 0 Å². The minimum atomic E-state index is 0. The molecule has 0 amide bonds. The van der Waals surface area contributed by atoms with Gasteiger partial charge in [-0.3, -0.25) is 0 Å². The molecule has 3 rings (SSSR count). The Bertz CT molecular complexity index is 541. The van der Waals surface area contributed by atoms with E-state index in [0.29, 0.717) is 6.61 Å². The summed E-state index contributed by atoms with van der Waals surface area (Å²) in [6.45, 7) is 3.02. The molecule has 0 bridgehead atoms. The Morgan fingerprint density at radius 2 is 1.95 bits per heavy atom. The summed E-state index contributed by atoms with van der Waals surface area (Å²) >= 11 is 0. The second kappa shape index (κ2) is 8.03. The van der Waals surface area contributed by atoms with E-state index in [2.05, 4.69) is 29.6 Å². The van der Waals surface area contributed by atoms with Crippen LogP contribution in [0.4, 0.5) is 0 Å². The van der Waals surface area contributed by atoms with Crippen molar-refractivity contribution in [1.82, 2.24) is 5.32 Å². The third-order valence-corrected chi connectivity index (χ3v) is 3.43. The number of hydrogen-bond acceptors (Lipinski definition) is 3. The normalized spacial score (nSPS) is 17.8. The molecule has 21 heavy (non-hydrogen) atoms. The van der Waals surface area contributed by atoms with Crippen molar-refractivity contribution in [3.05, 3.63) is 65.7 Å². The van der Waals surface area contributed by atoms with Crippen LogP contribution >= 0.6 is 12.4 Å². The van der Waals surface area contributed by atoms with Gasteiger partial charge >= 0.3 is 0 Å². The lowest BCUT2D eigenvalue weighted by Crippen LogP contribution is -2.34. The van der Waals surface area contributed by atoms with Gasteiger partial charge in [0.2, 0.25) is 0 Å². The molecule has 0 aromatic heterocycles. The largest absolute Gasteiger partial charge is 0.489 e. The SMILES string of the molecule is Cl.c1ccc(COc2cccc([C@H]3COCCN3)c2)cc1. The third-order valence-electron chi connectivity index (χ3n) is 3.43. The molecule has 2 aromatic carbocycles. The Kier molecular flexibility index (Phi) is 6.05. The molecule has 1 heterocycles. The van der Waals surface area contributed by atoms with Gasteiger partial charge in [0.05, 0.1) is 19.3 Å². The Labute approximate surface area is 131 Å². The fourth-order valence-electron chi connectivity index (χ4n) is 2.34. The molecular formula is C17H20ClNO2. The van der Waals surface area contributed by atoms with Crippen LogP contribution in [0.25, 0.3) is 0 Å². The predicted octanol–water partition coefficient (Wildman–Crippen LogP) is 3.35. The van der Waals surface area contributed by atoms with Gasteiger partial charge < -0.3 is 14.8 Å². The zero-order chi connectivity index (χ0) is 13.6. The molecule has 0 aliphatic carbocycles. The first kappa shape index (κ1) is 15.8. The smallest absolute Gasteiger partial charge is 0.120 e. The lowest BCUT2D eigenvalue weighted by atomic mass is 10.1. The Morgan fingerprint density at radius 3 is 2.71 bits per heavy atom. The van der Waals surface area contributed by atoms with Crippen molar-refractivity contribution < 1.29 is 9.47 Å². The summed E-state index contributed by atoms with van der Waals surface area (Å²) in [5.74, 6) is 0.902. The topological polar surface area (TPSA) is 30.5 Å². The number of halogens is 1. The number of benzene rings is 2. The number of nitrogens with one attached hydrogen (secondary N) is 1. The summed E-state index contributed by atoms with van der Waals surface area (Å²) < 4.78 is 11.4. The van der Waals surface area contributed by atoms with Crippen LogP contribution in [0.2, 0.25) is 0 Å². The Balaban J connectivity index is 0.00000161. The van der Waals surface area contributed by atoms with Crippen LogP contribution in [-0.4, -0.2) is 19.8 Å². The van der Waals surface area contributed by atoms with Crippen LogP contribution in [0.1, 0.15) is 17.2 Å². The molecule has 0 unspecified atom stereocenters. The highest BCUT2D eigenvalue weighted by Crippen LogP contribution is 2.21. The van der Waals surface area contributed by atoms with E-state index in [-0.39, 0.29) is 18.4 Å². The molecule has 0 radical (unpaired) electrons. The van der Waals surface area contributed by atoms with Gasteiger partial charge in [-0.2, -0.15) is 0 Å². The summed E-state index contributed by atoms with van der Waals surface area (Å²) in [4.78, 5) is 0. The van der Waals surface area contributed by atoms with Crippen molar-refractivity contribution in [3.63, 3.8) is 0 Å². The van der Waals surface area contributed by atoms with Gasteiger partial charge in [0.1, 0.15) is 12.4 Å². The van der Waals surface area contributed by atoms with Gasteiger partial charge in [0.15, 0.2) is 0 Å². The average molecular weight is 306 g/mol. The summed E-state index contributed by atoms with van der Waals surface area (Å²) in [5, 5.41) is 3.46. The number of ether oxygens (including phenoxy) is 2. The van der Waals surface area contributed by atoms with E-state index in [1.54, 1.807) is 0 Å². The van der Waals surface area contributed by atoms with Gasteiger partial charge in [0.25, 0.3) is 0 Å². The van der Waals surface area contributed by atoms with Crippen molar-refractivity contribution in [2.24, 2.45) is 0 Å². The first-order valence-corrected chi connectivity index (χ1v) is 6.99. The van der Waals surface area contributed by atoms with Crippen molar-refractivity contribution in [1.29, 1.82) is 0 Å². The van der Waals surface area contributed by atoms with Crippen LogP contribution < -0.4 is 10.1 Å². The second-order valence-electron chi connectivity index (χ2n) is 4.93. The predicted molar refractivity (Wildman–Crippen MR) is 86.0 cm³/mol. The second-order valence-corrected chi connectivity index (χ2v) is 4.93. The Morgan fingerprint density at radius 1 is 1.10 bits per heavy atom. The van der Waals surface area contributed by atoms with Gasteiger partial charge in [-0.15, -0.1) is 12.4 Å². The maximum absolute atomic E-state index is 5.85. The lowest BCUT2D eigenvalue weighted by Gasteiger charge is -2.24. The maximum Gasteiger partial charge on any atom is 0.120 e. The number of morpholine rings is 1. The molecule has 1 aliphatic heterocycles. The van der Waals surface area contributed by atoms with Gasteiger partial charge in [0, 0.05) is 6.54 Å². The van der Waals surface area contributed by atoms with Crippen LogP contribution in [0.15, 0.2) is 54.6 Å². The van der Waals surface area contributed by atoms with Crippen LogP contribution in [-0.2, 0) is 11.3 Å². The quantitative estimate of drug-likeness (QED) is 0.939. The van der Waals surface area contributed by atoms with Crippen molar-refractivity contribution in [2.75, 3.05) is 19.8 Å². The minimum Gasteiger partial charge on any atom is -0.489 e. The lowest BCUT2D eigenvalue weighted by molar-refractivity contribution is 0.0768. The van der Waals surface area contributed by atoms with Crippen molar-refractivity contribution in [2.45, 2.75) is 12.6 Å². The van der Waals surface area contributed by atoms with E-state index in [9.17, 15) is 0 Å². The molecule has 1 atom stereocenters. The van der Waals surface area contributed by atoms with Gasteiger partial charge in [-0.05, 0) is 23.3 Å². The number of hydrogen-bond donors (Lipinski definition) is 1. The minimum absolute atomic E-state index is 0. The van der Waals surface area contributed by atoms with E-state index in [1.807, 2.05) is 30.3 Å². The summed E-state index contributed by atoms with van der Waals surface area (Å²) in [7, 11) is 0. The van der Waals surface area contributed by atoms with Crippen LogP contribution in [0.3, 0.4) is 0 Å². The molecule has 0 saturated carbocycles. The fourth-order valence-corrected chi connectivity index (χ4v) is 2.34.